The molecule has 1 saturated carbocycles. The van der Waals surface area contributed by atoms with Crippen LogP contribution >= 0.6 is 0 Å². The predicted octanol–water partition coefficient (Wildman–Crippen LogP) is 3.33. The number of nitrogens with one attached hydrogen (secondary N) is 2. The zero-order valence-electron chi connectivity index (χ0n) is 14.1. The summed E-state index contributed by atoms with van der Waals surface area (Å²) >= 11 is 0. The second-order valence-corrected chi connectivity index (χ2v) is 8.66. The van der Waals surface area contributed by atoms with Crippen LogP contribution in [-0.4, -0.2) is 22.3 Å². The van der Waals surface area contributed by atoms with Crippen LogP contribution in [0, 0.1) is 11.8 Å². The highest BCUT2D eigenvalue weighted by Crippen LogP contribution is 2.55. The van der Waals surface area contributed by atoms with Crippen molar-refractivity contribution in [3.63, 3.8) is 0 Å². The van der Waals surface area contributed by atoms with Gasteiger partial charge >= 0.3 is 0 Å². The summed E-state index contributed by atoms with van der Waals surface area (Å²) in [6.45, 7) is 6.73. The van der Waals surface area contributed by atoms with Crippen molar-refractivity contribution in [3.8, 4) is 0 Å². The number of aromatic amines is 1. The van der Waals surface area contributed by atoms with Gasteiger partial charge in [0.1, 0.15) is 5.78 Å². The van der Waals surface area contributed by atoms with Gasteiger partial charge in [0.15, 0.2) is 0 Å². The highest BCUT2D eigenvalue weighted by Gasteiger charge is 2.58. The average Bonchev–Trinajstić information content (AvgIpc) is 2.85. The standard InChI is InChI=1S/C20H24N2O/c1-19(2)14-9-13-16(22-19)8-12-11-6-4-5-7-15(11)21-18(12)20(13,3)10-17(14)23/h4-7,13-14,16,21-22H,8-10H2,1-3H3. The third-order valence-corrected chi connectivity index (χ3v) is 6.96. The van der Waals surface area contributed by atoms with Crippen LogP contribution in [-0.2, 0) is 16.6 Å². The quantitative estimate of drug-likeness (QED) is 0.784. The number of carbonyl (C=O) groups excluding carboxylic acids is 1. The first kappa shape index (κ1) is 13.8. The van der Waals surface area contributed by atoms with Crippen molar-refractivity contribution >= 4 is 16.7 Å². The van der Waals surface area contributed by atoms with Crippen molar-refractivity contribution in [2.45, 2.75) is 57.0 Å². The maximum absolute atomic E-state index is 12.9. The molecule has 3 heteroatoms. The average molecular weight is 308 g/mol. The van der Waals surface area contributed by atoms with E-state index in [1.165, 1.54) is 22.2 Å². The Morgan fingerprint density at radius 3 is 2.78 bits per heavy atom. The first-order valence-corrected chi connectivity index (χ1v) is 8.80. The van der Waals surface area contributed by atoms with E-state index in [0.717, 1.165) is 12.8 Å². The van der Waals surface area contributed by atoms with Crippen LogP contribution in [0.5, 0.6) is 0 Å². The zero-order valence-corrected chi connectivity index (χ0v) is 14.1. The van der Waals surface area contributed by atoms with Crippen LogP contribution in [0.25, 0.3) is 10.9 Å². The van der Waals surface area contributed by atoms with E-state index in [1.807, 2.05) is 0 Å². The van der Waals surface area contributed by atoms with Crippen LogP contribution in [0.1, 0.15) is 44.9 Å². The van der Waals surface area contributed by atoms with E-state index in [9.17, 15) is 4.79 Å². The molecule has 2 bridgehead atoms. The summed E-state index contributed by atoms with van der Waals surface area (Å²) < 4.78 is 0. The molecule has 0 spiro atoms. The molecule has 1 aromatic carbocycles. The molecule has 2 N–H and O–H groups in total. The van der Waals surface area contributed by atoms with Gasteiger partial charge in [0.2, 0.25) is 0 Å². The summed E-state index contributed by atoms with van der Waals surface area (Å²) in [5.41, 5.74) is 3.85. The van der Waals surface area contributed by atoms with Gasteiger partial charge in [0.25, 0.3) is 0 Å². The molecule has 2 fully saturated rings. The van der Waals surface area contributed by atoms with E-state index in [-0.39, 0.29) is 16.9 Å². The molecule has 120 valence electrons. The maximum atomic E-state index is 12.9. The van der Waals surface area contributed by atoms with Gasteiger partial charge in [-0.2, -0.15) is 0 Å². The van der Waals surface area contributed by atoms with Crippen molar-refractivity contribution < 1.29 is 4.79 Å². The van der Waals surface area contributed by atoms with Crippen LogP contribution in [0.15, 0.2) is 24.3 Å². The number of hydrogen-bond donors (Lipinski definition) is 2. The number of aromatic nitrogens is 1. The number of fused-ring (bicyclic) bond motifs is 5. The monoisotopic (exact) mass is 308 g/mol. The van der Waals surface area contributed by atoms with Crippen LogP contribution < -0.4 is 5.32 Å². The Hall–Kier alpha value is -1.61. The minimum absolute atomic E-state index is 0.0473. The van der Waals surface area contributed by atoms with Crippen LogP contribution in [0.4, 0.5) is 0 Å². The number of rotatable bonds is 0. The second-order valence-electron chi connectivity index (χ2n) is 8.66. The maximum Gasteiger partial charge on any atom is 0.138 e. The second kappa shape index (κ2) is 4.07. The lowest BCUT2D eigenvalue weighted by Crippen LogP contribution is -2.69. The topological polar surface area (TPSA) is 44.9 Å². The lowest BCUT2D eigenvalue weighted by atomic mass is 9.51. The van der Waals surface area contributed by atoms with E-state index in [0.29, 0.717) is 24.2 Å². The SMILES string of the molecule is CC1(C)NC2Cc3c([nH]c4ccccc34)C3(C)CC(=O)C1CC23. The molecule has 2 aliphatic carbocycles. The molecular weight excluding hydrogens is 284 g/mol. The highest BCUT2D eigenvalue weighted by molar-refractivity contribution is 5.89. The fourth-order valence-electron chi connectivity index (χ4n) is 5.83. The molecule has 2 aromatic rings. The molecule has 3 nitrogen and oxygen atoms in total. The van der Waals surface area contributed by atoms with Crippen molar-refractivity contribution in [1.82, 2.24) is 10.3 Å². The lowest BCUT2D eigenvalue weighted by molar-refractivity contribution is -0.136. The molecule has 0 radical (unpaired) electrons. The smallest absolute Gasteiger partial charge is 0.138 e. The fourth-order valence-corrected chi connectivity index (χ4v) is 5.83. The molecule has 4 atom stereocenters. The minimum Gasteiger partial charge on any atom is -0.358 e. The molecule has 4 unspecified atom stereocenters. The summed E-state index contributed by atoms with van der Waals surface area (Å²) in [6.07, 6.45) is 2.79. The Morgan fingerprint density at radius 1 is 1.17 bits per heavy atom. The fraction of sp³-hybridized carbons (Fsp3) is 0.550. The third-order valence-electron chi connectivity index (χ3n) is 6.96. The van der Waals surface area contributed by atoms with Gasteiger partial charge in [0.05, 0.1) is 0 Å². The molecule has 0 amide bonds. The summed E-state index contributed by atoms with van der Waals surface area (Å²) in [7, 11) is 0. The number of hydrogen-bond acceptors (Lipinski definition) is 2. The Morgan fingerprint density at radius 2 is 1.96 bits per heavy atom. The third kappa shape index (κ3) is 1.61. The number of ketones is 1. The van der Waals surface area contributed by atoms with E-state index < -0.39 is 0 Å². The number of piperidine rings is 1. The van der Waals surface area contributed by atoms with Gasteiger partial charge in [-0.15, -0.1) is 0 Å². The summed E-state index contributed by atoms with van der Waals surface area (Å²) in [5.74, 6) is 1.16. The van der Waals surface area contributed by atoms with Crippen LogP contribution in [0.3, 0.4) is 0 Å². The molecule has 3 aliphatic rings. The first-order valence-electron chi connectivity index (χ1n) is 8.80. The van der Waals surface area contributed by atoms with E-state index >= 15 is 0 Å². The number of benzene rings is 1. The first-order chi connectivity index (χ1) is 10.9. The minimum atomic E-state index is -0.0802. The summed E-state index contributed by atoms with van der Waals surface area (Å²) in [5, 5.41) is 5.18. The molecule has 1 aromatic heterocycles. The number of para-hydroxylation sites is 1. The normalized spacial score (nSPS) is 37.7. The Kier molecular flexibility index (Phi) is 2.44. The van der Waals surface area contributed by atoms with Crippen molar-refractivity contribution in [2.24, 2.45) is 11.8 Å². The number of H-pyrrole nitrogens is 1. The zero-order chi connectivity index (χ0) is 16.0. The van der Waals surface area contributed by atoms with Crippen LogP contribution in [0.2, 0.25) is 0 Å². The van der Waals surface area contributed by atoms with Crippen molar-refractivity contribution in [1.29, 1.82) is 0 Å². The number of Topliss-reactive ketones (excluding diaryl/α,β-unsaturated/α-hetero) is 1. The number of carbonyl (C=O) groups is 1. The van der Waals surface area contributed by atoms with Crippen molar-refractivity contribution in [3.05, 3.63) is 35.5 Å². The Bertz CT molecular complexity index is 833. The molecule has 23 heavy (non-hydrogen) atoms. The summed E-state index contributed by atoms with van der Waals surface area (Å²) in [4.78, 5) is 16.6. The Balaban J connectivity index is 1.76. The van der Waals surface area contributed by atoms with Gasteiger partial charge < -0.3 is 10.3 Å². The molecule has 1 aliphatic heterocycles. The highest BCUT2D eigenvalue weighted by atomic mass is 16.1. The van der Waals surface area contributed by atoms with Gasteiger partial charge in [0, 0.05) is 45.9 Å². The molecular formula is C20H24N2O. The van der Waals surface area contributed by atoms with E-state index in [2.05, 4.69) is 55.3 Å². The van der Waals surface area contributed by atoms with Crippen molar-refractivity contribution in [2.75, 3.05) is 0 Å². The predicted molar refractivity (Wildman–Crippen MR) is 91.6 cm³/mol. The van der Waals surface area contributed by atoms with Gasteiger partial charge in [-0.1, -0.05) is 25.1 Å². The molecule has 5 rings (SSSR count). The Labute approximate surface area is 136 Å². The van der Waals surface area contributed by atoms with Gasteiger partial charge in [-0.25, -0.2) is 0 Å². The van der Waals surface area contributed by atoms with Gasteiger partial charge in [-0.05, 0) is 44.2 Å². The molecule has 2 heterocycles. The van der Waals surface area contributed by atoms with Gasteiger partial charge in [-0.3, -0.25) is 4.79 Å². The van der Waals surface area contributed by atoms with E-state index in [4.69, 9.17) is 0 Å². The summed E-state index contributed by atoms with van der Waals surface area (Å²) in [6, 6.07) is 9.06. The van der Waals surface area contributed by atoms with E-state index in [1.54, 1.807) is 0 Å². The largest absolute Gasteiger partial charge is 0.358 e. The lowest BCUT2D eigenvalue weighted by Gasteiger charge is -2.58. The molecule has 1 saturated heterocycles.